The summed E-state index contributed by atoms with van der Waals surface area (Å²) in [5, 5.41) is 0. The number of hydrogen-bond acceptors (Lipinski definition) is 6. The third-order valence-electron chi connectivity index (χ3n) is 3.79. The fourth-order valence-corrected chi connectivity index (χ4v) is 2.66. The number of rotatable bonds is 6. The maximum atomic E-state index is 5.89. The fourth-order valence-electron chi connectivity index (χ4n) is 2.66. The third kappa shape index (κ3) is 3.46. The lowest BCUT2D eigenvalue weighted by Crippen LogP contribution is -2.19. The molecule has 0 fully saturated rings. The summed E-state index contributed by atoms with van der Waals surface area (Å²) in [4.78, 5) is 17.2. The summed E-state index contributed by atoms with van der Waals surface area (Å²) in [7, 11) is 0. The zero-order chi connectivity index (χ0) is 17.8. The molecule has 4 rings (SSSR count). The molecular formula is C19H17N5O2. The van der Waals surface area contributed by atoms with Gasteiger partial charge in [-0.05, 0) is 31.2 Å². The van der Waals surface area contributed by atoms with Crippen molar-refractivity contribution in [2.45, 2.75) is 19.6 Å². The second-order valence-electron chi connectivity index (χ2n) is 5.79. The zero-order valence-corrected chi connectivity index (χ0v) is 14.2. The summed E-state index contributed by atoms with van der Waals surface area (Å²) in [5.74, 6) is 2.72. The SMILES string of the molecule is C[C@H](Cn1ccnc1-c1cnc(-c2ccco2)nc1)Oc1cccnc1. The van der Waals surface area contributed by atoms with Crippen molar-refractivity contribution in [3.63, 3.8) is 0 Å². The highest BCUT2D eigenvalue weighted by Gasteiger charge is 2.12. The Kier molecular flexibility index (Phi) is 4.42. The standard InChI is InChI=1S/C19H17N5O2/c1-14(26-16-4-2-6-20-12-16)13-24-8-7-21-19(24)15-10-22-18(23-11-15)17-5-3-9-25-17/h2-12,14H,13H2,1H3/t14-/m1/s1. The number of ether oxygens (including phenoxy) is 1. The average Bonchev–Trinajstić information content (AvgIpc) is 3.35. The Morgan fingerprint density at radius 1 is 1.08 bits per heavy atom. The number of hydrogen-bond donors (Lipinski definition) is 0. The Balaban J connectivity index is 1.50. The highest BCUT2D eigenvalue weighted by atomic mass is 16.5. The van der Waals surface area contributed by atoms with Gasteiger partial charge in [-0.2, -0.15) is 0 Å². The number of furan rings is 1. The number of nitrogens with zero attached hydrogens (tertiary/aromatic N) is 5. The molecular weight excluding hydrogens is 330 g/mol. The van der Waals surface area contributed by atoms with Crippen molar-refractivity contribution in [3.8, 4) is 28.7 Å². The van der Waals surface area contributed by atoms with Gasteiger partial charge in [-0.3, -0.25) is 4.98 Å². The van der Waals surface area contributed by atoms with Crippen LogP contribution in [0.2, 0.25) is 0 Å². The molecule has 0 aliphatic heterocycles. The predicted molar refractivity (Wildman–Crippen MR) is 95.3 cm³/mol. The molecule has 0 unspecified atom stereocenters. The molecule has 0 aliphatic rings. The van der Waals surface area contributed by atoms with E-state index in [4.69, 9.17) is 9.15 Å². The molecule has 26 heavy (non-hydrogen) atoms. The van der Waals surface area contributed by atoms with Crippen LogP contribution >= 0.6 is 0 Å². The largest absolute Gasteiger partial charge is 0.487 e. The Bertz CT molecular complexity index is 949. The maximum absolute atomic E-state index is 5.89. The van der Waals surface area contributed by atoms with Crippen molar-refractivity contribution in [2.75, 3.05) is 0 Å². The molecule has 7 heteroatoms. The van der Waals surface area contributed by atoms with Crippen LogP contribution in [0.5, 0.6) is 5.75 Å². The van der Waals surface area contributed by atoms with Gasteiger partial charge in [-0.25, -0.2) is 15.0 Å². The lowest BCUT2D eigenvalue weighted by molar-refractivity contribution is 0.199. The highest BCUT2D eigenvalue weighted by Crippen LogP contribution is 2.20. The Labute approximate surface area is 150 Å². The van der Waals surface area contributed by atoms with Gasteiger partial charge < -0.3 is 13.7 Å². The zero-order valence-electron chi connectivity index (χ0n) is 14.2. The minimum Gasteiger partial charge on any atom is -0.487 e. The van der Waals surface area contributed by atoms with Gasteiger partial charge in [0.2, 0.25) is 0 Å². The van der Waals surface area contributed by atoms with Gasteiger partial charge in [0, 0.05) is 31.0 Å². The molecule has 0 saturated heterocycles. The fraction of sp³-hybridized carbons (Fsp3) is 0.158. The van der Waals surface area contributed by atoms with E-state index < -0.39 is 0 Å². The van der Waals surface area contributed by atoms with Crippen LogP contribution in [0, 0.1) is 0 Å². The maximum Gasteiger partial charge on any atom is 0.195 e. The van der Waals surface area contributed by atoms with Crippen LogP contribution in [-0.4, -0.2) is 30.6 Å². The molecule has 4 aromatic rings. The Morgan fingerprint density at radius 2 is 1.96 bits per heavy atom. The Morgan fingerprint density at radius 3 is 2.69 bits per heavy atom. The second kappa shape index (κ2) is 7.18. The molecule has 0 saturated carbocycles. The first-order valence-corrected chi connectivity index (χ1v) is 8.24. The first-order valence-electron chi connectivity index (χ1n) is 8.24. The molecule has 0 aromatic carbocycles. The van der Waals surface area contributed by atoms with E-state index in [2.05, 4.69) is 19.9 Å². The van der Waals surface area contributed by atoms with Crippen LogP contribution in [-0.2, 0) is 6.54 Å². The van der Waals surface area contributed by atoms with Crippen LogP contribution < -0.4 is 4.74 Å². The van der Waals surface area contributed by atoms with Crippen molar-refractivity contribution >= 4 is 0 Å². The normalized spacial score (nSPS) is 12.0. The van der Waals surface area contributed by atoms with Crippen molar-refractivity contribution < 1.29 is 9.15 Å². The van der Waals surface area contributed by atoms with E-state index in [0.29, 0.717) is 18.1 Å². The summed E-state index contributed by atoms with van der Waals surface area (Å²) >= 11 is 0. The summed E-state index contributed by atoms with van der Waals surface area (Å²) in [6, 6.07) is 7.37. The quantitative estimate of drug-likeness (QED) is 0.531. The summed E-state index contributed by atoms with van der Waals surface area (Å²) < 4.78 is 13.2. The molecule has 4 aromatic heterocycles. The monoisotopic (exact) mass is 347 g/mol. The van der Waals surface area contributed by atoms with E-state index in [-0.39, 0.29) is 6.10 Å². The summed E-state index contributed by atoms with van der Waals surface area (Å²) in [6.45, 7) is 2.65. The van der Waals surface area contributed by atoms with Gasteiger partial charge in [-0.15, -0.1) is 0 Å². The lowest BCUT2D eigenvalue weighted by atomic mass is 10.3. The van der Waals surface area contributed by atoms with Crippen LogP contribution in [0.4, 0.5) is 0 Å². The van der Waals surface area contributed by atoms with Gasteiger partial charge in [0.05, 0.1) is 24.6 Å². The van der Waals surface area contributed by atoms with Crippen molar-refractivity contribution in [1.29, 1.82) is 0 Å². The Hall–Kier alpha value is -3.48. The van der Waals surface area contributed by atoms with Gasteiger partial charge in [0.1, 0.15) is 17.7 Å². The van der Waals surface area contributed by atoms with E-state index in [1.165, 1.54) is 0 Å². The first-order chi connectivity index (χ1) is 12.8. The molecule has 0 radical (unpaired) electrons. The predicted octanol–water partition coefficient (Wildman–Crippen LogP) is 3.46. The average molecular weight is 347 g/mol. The van der Waals surface area contributed by atoms with Crippen molar-refractivity contribution in [2.24, 2.45) is 0 Å². The molecule has 1 atom stereocenters. The van der Waals surface area contributed by atoms with E-state index >= 15 is 0 Å². The highest BCUT2D eigenvalue weighted by molar-refractivity contribution is 5.55. The lowest BCUT2D eigenvalue weighted by Gasteiger charge is -2.16. The second-order valence-corrected chi connectivity index (χ2v) is 5.79. The minimum absolute atomic E-state index is 0.0459. The molecule has 0 spiro atoms. The van der Waals surface area contributed by atoms with Crippen molar-refractivity contribution in [1.82, 2.24) is 24.5 Å². The summed E-state index contributed by atoms with van der Waals surface area (Å²) in [5.41, 5.74) is 0.832. The number of imidazole rings is 1. The summed E-state index contributed by atoms with van der Waals surface area (Å²) in [6.07, 6.45) is 12.1. The molecule has 0 amide bonds. The van der Waals surface area contributed by atoms with Crippen LogP contribution in [0.15, 0.2) is 72.1 Å². The first kappa shape index (κ1) is 16.0. The van der Waals surface area contributed by atoms with Crippen molar-refractivity contribution in [3.05, 3.63) is 67.7 Å². The van der Waals surface area contributed by atoms with Gasteiger partial charge in [-0.1, -0.05) is 0 Å². The van der Waals surface area contributed by atoms with E-state index in [0.717, 1.165) is 17.1 Å². The third-order valence-corrected chi connectivity index (χ3v) is 3.79. The van der Waals surface area contributed by atoms with Crippen LogP contribution in [0.1, 0.15) is 6.92 Å². The van der Waals surface area contributed by atoms with Gasteiger partial charge >= 0.3 is 0 Å². The molecule has 130 valence electrons. The smallest absolute Gasteiger partial charge is 0.195 e. The molecule has 0 aliphatic carbocycles. The van der Waals surface area contributed by atoms with Gasteiger partial charge in [0.25, 0.3) is 0 Å². The van der Waals surface area contributed by atoms with Crippen LogP contribution in [0.3, 0.4) is 0 Å². The number of aromatic nitrogens is 5. The molecule has 7 nitrogen and oxygen atoms in total. The number of pyridine rings is 1. The molecule has 0 N–H and O–H groups in total. The van der Waals surface area contributed by atoms with Crippen LogP contribution in [0.25, 0.3) is 23.0 Å². The molecule has 0 bridgehead atoms. The molecule has 4 heterocycles. The minimum atomic E-state index is -0.0459. The van der Waals surface area contributed by atoms with Gasteiger partial charge in [0.15, 0.2) is 11.6 Å². The van der Waals surface area contributed by atoms with E-state index in [1.807, 2.05) is 42.0 Å². The topological polar surface area (TPSA) is 78.9 Å². The van der Waals surface area contributed by atoms with E-state index in [1.54, 1.807) is 37.2 Å². The van der Waals surface area contributed by atoms with E-state index in [9.17, 15) is 0 Å².